The number of ether oxygens (including phenoxy) is 1. The second-order valence-electron chi connectivity index (χ2n) is 9.63. The lowest BCUT2D eigenvalue weighted by Crippen LogP contribution is -2.50. The average molecular weight is 468 g/mol. The van der Waals surface area contributed by atoms with Gasteiger partial charge in [0, 0.05) is 50.2 Å². The zero-order valence-electron chi connectivity index (χ0n) is 20.3. The maximum atomic E-state index is 13.8. The van der Waals surface area contributed by atoms with Gasteiger partial charge in [0.15, 0.2) is 11.6 Å². The van der Waals surface area contributed by atoms with Crippen LogP contribution in [0, 0.1) is 19.7 Å². The number of amides is 2. The molecule has 1 N–H and O–H groups in total. The fraction of sp³-hybridized carbons (Fsp3) is 0.481. The number of methoxy groups -OCH3 is 1. The molecule has 0 bridgehead atoms. The average Bonchev–Trinajstić information content (AvgIpc) is 3.19. The number of nitrogens with one attached hydrogen (secondary N) is 1. The maximum Gasteiger partial charge on any atom is 0.222 e. The van der Waals surface area contributed by atoms with Crippen LogP contribution < -0.4 is 15.0 Å². The second kappa shape index (κ2) is 10.0. The summed E-state index contributed by atoms with van der Waals surface area (Å²) >= 11 is 0. The van der Waals surface area contributed by atoms with Crippen LogP contribution in [-0.4, -0.2) is 55.5 Å². The molecule has 2 amide bonds. The minimum absolute atomic E-state index is 0.00334. The van der Waals surface area contributed by atoms with E-state index in [2.05, 4.69) is 42.3 Å². The number of carbonyl (C=O) groups excluding carboxylic acids is 2. The summed E-state index contributed by atoms with van der Waals surface area (Å²) in [4.78, 5) is 29.4. The third kappa shape index (κ3) is 5.34. The Balaban J connectivity index is 1.36. The number of hydrogen-bond donors (Lipinski definition) is 1. The number of nitrogens with zero attached hydrogens (tertiary/aromatic N) is 2. The van der Waals surface area contributed by atoms with Gasteiger partial charge in [-0.15, -0.1) is 0 Å². The topological polar surface area (TPSA) is 61.9 Å². The van der Waals surface area contributed by atoms with Gasteiger partial charge in [0.1, 0.15) is 0 Å². The predicted octanol–water partition coefficient (Wildman–Crippen LogP) is 3.77. The van der Waals surface area contributed by atoms with Gasteiger partial charge in [-0.2, -0.15) is 0 Å². The van der Waals surface area contributed by atoms with E-state index < -0.39 is 11.4 Å². The molecule has 2 aliphatic rings. The van der Waals surface area contributed by atoms with Gasteiger partial charge in [0.25, 0.3) is 0 Å². The fourth-order valence-electron chi connectivity index (χ4n) is 5.25. The summed E-state index contributed by atoms with van der Waals surface area (Å²) in [6, 6.07) is 11.3. The monoisotopic (exact) mass is 467 g/mol. The zero-order chi connectivity index (χ0) is 24.3. The molecular weight excluding hydrogens is 433 g/mol. The molecule has 0 radical (unpaired) electrons. The highest BCUT2D eigenvalue weighted by atomic mass is 19.1. The van der Waals surface area contributed by atoms with Crippen molar-refractivity contribution in [3.05, 3.63) is 58.9 Å². The second-order valence-corrected chi connectivity index (χ2v) is 9.63. The molecule has 2 saturated heterocycles. The largest absolute Gasteiger partial charge is 0.494 e. The Morgan fingerprint density at radius 2 is 1.88 bits per heavy atom. The smallest absolute Gasteiger partial charge is 0.222 e. The van der Waals surface area contributed by atoms with Crippen LogP contribution in [0.1, 0.15) is 42.4 Å². The molecule has 182 valence electrons. The summed E-state index contributed by atoms with van der Waals surface area (Å²) in [7, 11) is 1.44. The van der Waals surface area contributed by atoms with E-state index >= 15 is 0 Å². The Bertz CT molecular complexity index is 1070. The highest BCUT2D eigenvalue weighted by molar-refractivity contribution is 5.80. The first-order chi connectivity index (χ1) is 16.3. The summed E-state index contributed by atoms with van der Waals surface area (Å²) in [6.07, 6.45) is 2.60. The number of benzene rings is 2. The number of hydrogen-bond acceptors (Lipinski definition) is 4. The third-order valence-electron chi connectivity index (χ3n) is 7.14. The van der Waals surface area contributed by atoms with Crippen LogP contribution in [0.25, 0.3) is 0 Å². The SMILES string of the molecule is COc1cc(C[C@]2(CCC(=O)N3CCN(c4ccc(C)cc4C)CC3)CCC(=O)N2)ccc1F. The molecule has 6 nitrogen and oxygen atoms in total. The molecule has 0 aromatic heterocycles. The van der Waals surface area contributed by atoms with Gasteiger partial charge in [-0.05, 0) is 62.4 Å². The molecule has 2 aromatic rings. The van der Waals surface area contributed by atoms with E-state index in [0.29, 0.717) is 45.2 Å². The van der Waals surface area contributed by atoms with E-state index in [-0.39, 0.29) is 17.6 Å². The predicted molar refractivity (Wildman–Crippen MR) is 131 cm³/mol. The standard InChI is InChI=1S/C27H34FN3O3/c1-19-4-7-23(20(2)16-19)30-12-14-31(15-13-30)26(33)9-11-27(10-8-25(32)29-27)18-21-5-6-22(28)24(17-21)34-3/h4-7,16-17H,8-15,18H2,1-3H3,(H,29,32)/t27-/m1/s1. The first kappa shape index (κ1) is 24.0. The van der Waals surface area contributed by atoms with Gasteiger partial charge < -0.3 is 19.9 Å². The summed E-state index contributed by atoms with van der Waals surface area (Å²) < 4.78 is 18.9. The molecule has 2 aliphatic heterocycles. The first-order valence-corrected chi connectivity index (χ1v) is 12.0. The van der Waals surface area contributed by atoms with Crippen molar-refractivity contribution in [1.82, 2.24) is 10.2 Å². The van der Waals surface area contributed by atoms with Crippen LogP contribution in [-0.2, 0) is 16.0 Å². The first-order valence-electron chi connectivity index (χ1n) is 12.0. The minimum Gasteiger partial charge on any atom is -0.494 e. The summed E-state index contributed by atoms with van der Waals surface area (Å²) in [5.41, 5.74) is 4.14. The molecule has 2 aromatic carbocycles. The fourth-order valence-corrected chi connectivity index (χ4v) is 5.25. The summed E-state index contributed by atoms with van der Waals surface area (Å²) in [5.74, 6) is -0.0956. The Kier molecular flexibility index (Phi) is 7.10. The zero-order valence-corrected chi connectivity index (χ0v) is 20.3. The van der Waals surface area contributed by atoms with E-state index in [1.165, 1.54) is 30.0 Å². The number of halogens is 1. The Morgan fingerprint density at radius 1 is 1.12 bits per heavy atom. The third-order valence-corrected chi connectivity index (χ3v) is 7.14. The van der Waals surface area contributed by atoms with Crippen LogP contribution in [0.5, 0.6) is 5.75 Å². The van der Waals surface area contributed by atoms with E-state index in [4.69, 9.17) is 4.74 Å². The lowest BCUT2D eigenvalue weighted by molar-refractivity contribution is -0.132. The Labute approximate surface area is 201 Å². The van der Waals surface area contributed by atoms with Crippen molar-refractivity contribution < 1.29 is 18.7 Å². The van der Waals surface area contributed by atoms with Crippen LogP contribution in [0.2, 0.25) is 0 Å². The molecular formula is C27H34FN3O3. The van der Waals surface area contributed by atoms with Crippen molar-refractivity contribution in [3.8, 4) is 5.75 Å². The van der Waals surface area contributed by atoms with E-state index in [1.54, 1.807) is 12.1 Å². The molecule has 0 aliphatic carbocycles. The molecule has 4 rings (SSSR count). The van der Waals surface area contributed by atoms with Crippen molar-refractivity contribution in [1.29, 1.82) is 0 Å². The quantitative estimate of drug-likeness (QED) is 0.674. The molecule has 34 heavy (non-hydrogen) atoms. The minimum atomic E-state index is -0.490. The van der Waals surface area contributed by atoms with Gasteiger partial charge in [-0.3, -0.25) is 9.59 Å². The molecule has 0 saturated carbocycles. The Morgan fingerprint density at radius 3 is 2.53 bits per heavy atom. The van der Waals surface area contributed by atoms with Gasteiger partial charge in [-0.1, -0.05) is 23.8 Å². The number of aryl methyl sites for hydroxylation is 2. The van der Waals surface area contributed by atoms with Gasteiger partial charge in [0.2, 0.25) is 11.8 Å². The van der Waals surface area contributed by atoms with Crippen LogP contribution in [0.3, 0.4) is 0 Å². The number of rotatable bonds is 7. The van der Waals surface area contributed by atoms with Crippen molar-refractivity contribution in [2.24, 2.45) is 0 Å². The summed E-state index contributed by atoms with van der Waals surface area (Å²) in [6.45, 7) is 7.24. The van der Waals surface area contributed by atoms with E-state index in [0.717, 1.165) is 18.7 Å². The summed E-state index contributed by atoms with van der Waals surface area (Å²) in [5, 5.41) is 3.11. The lowest BCUT2D eigenvalue weighted by atomic mass is 9.84. The van der Waals surface area contributed by atoms with Crippen molar-refractivity contribution in [2.75, 3.05) is 38.2 Å². The number of anilines is 1. The lowest BCUT2D eigenvalue weighted by Gasteiger charge is -2.37. The molecule has 0 unspecified atom stereocenters. The van der Waals surface area contributed by atoms with Gasteiger partial charge in [-0.25, -0.2) is 4.39 Å². The normalized spacial score (nSPS) is 20.4. The highest BCUT2D eigenvalue weighted by Crippen LogP contribution is 2.32. The van der Waals surface area contributed by atoms with Crippen LogP contribution >= 0.6 is 0 Å². The number of piperazine rings is 1. The molecule has 7 heteroatoms. The van der Waals surface area contributed by atoms with Crippen LogP contribution in [0.15, 0.2) is 36.4 Å². The van der Waals surface area contributed by atoms with Gasteiger partial charge in [0.05, 0.1) is 7.11 Å². The van der Waals surface area contributed by atoms with Crippen molar-refractivity contribution in [3.63, 3.8) is 0 Å². The van der Waals surface area contributed by atoms with E-state index in [9.17, 15) is 14.0 Å². The molecule has 2 heterocycles. The van der Waals surface area contributed by atoms with Crippen molar-refractivity contribution in [2.45, 2.75) is 51.5 Å². The molecule has 0 spiro atoms. The number of carbonyl (C=O) groups is 2. The highest BCUT2D eigenvalue weighted by Gasteiger charge is 2.38. The molecule has 2 fully saturated rings. The molecule has 1 atom stereocenters. The van der Waals surface area contributed by atoms with E-state index in [1.807, 2.05) is 4.90 Å². The van der Waals surface area contributed by atoms with Gasteiger partial charge >= 0.3 is 0 Å². The van der Waals surface area contributed by atoms with Crippen LogP contribution in [0.4, 0.5) is 10.1 Å². The van der Waals surface area contributed by atoms with Crippen molar-refractivity contribution >= 4 is 17.5 Å². The maximum absolute atomic E-state index is 13.8. The Hall–Kier alpha value is -3.09.